The van der Waals surface area contributed by atoms with Crippen LogP contribution < -0.4 is 9.86 Å². The van der Waals surface area contributed by atoms with Gasteiger partial charge in [0.25, 0.3) is 0 Å². The van der Waals surface area contributed by atoms with Gasteiger partial charge in [-0.15, -0.1) is 0 Å². The standard InChI is InChI=1S/C12H20N2O4S2/c1-3-5-10(4-2)14-20(17,18)12-8-6-11(7-9-12)19(13,15)16/h6-10,14H,3-5H2,1-2H3,(H2,13,15,16). The molecule has 0 amide bonds. The fraction of sp³-hybridized carbons (Fsp3) is 0.500. The highest BCUT2D eigenvalue weighted by Gasteiger charge is 2.19. The molecule has 0 aliphatic rings. The number of hydrogen-bond donors (Lipinski definition) is 2. The minimum Gasteiger partial charge on any atom is -0.225 e. The molecule has 0 bridgehead atoms. The number of nitrogens with two attached hydrogens (primary N) is 1. The maximum atomic E-state index is 12.1. The molecule has 0 aliphatic carbocycles. The van der Waals surface area contributed by atoms with Crippen molar-refractivity contribution < 1.29 is 16.8 Å². The van der Waals surface area contributed by atoms with Crippen LogP contribution in [0.5, 0.6) is 0 Å². The van der Waals surface area contributed by atoms with Crippen LogP contribution in [-0.2, 0) is 20.0 Å². The van der Waals surface area contributed by atoms with Gasteiger partial charge >= 0.3 is 0 Å². The Bertz CT molecular complexity index is 637. The van der Waals surface area contributed by atoms with E-state index in [2.05, 4.69) is 4.72 Å². The fourth-order valence-corrected chi connectivity index (χ4v) is 3.66. The van der Waals surface area contributed by atoms with Gasteiger partial charge in [-0.3, -0.25) is 0 Å². The van der Waals surface area contributed by atoms with Crippen LogP contribution in [0, 0.1) is 0 Å². The van der Waals surface area contributed by atoms with E-state index in [1.807, 2.05) is 13.8 Å². The van der Waals surface area contributed by atoms with Crippen LogP contribution in [0.15, 0.2) is 34.1 Å². The van der Waals surface area contributed by atoms with Crippen LogP contribution >= 0.6 is 0 Å². The molecule has 1 unspecified atom stereocenters. The third-order valence-electron chi connectivity index (χ3n) is 2.91. The van der Waals surface area contributed by atoms with Crippen molar-refractivity contribution in [1.82, 2.24) is 4.72 Å². The lowest BCUT2D eigenvalue weighted by Gasteiger charge is -2.16. The monoisotopic (exact) mass is 320 g/mol. The van der Waals surface area contributed by atoms with E-state index < -0.39 is 20.0 Å². The smallest absolute Gasteiger partial charge is 0.225 e. The summed E-state index contributed by atoms with van der Waals surface area (Å²) in [5, 5.41) is 4.96. The Labute approximate surface area is 120 Å². The van der Waals surface area contributed by atoms with Crippen molar-refractivity contribution in [3.8, 4) is 0 Å². The van der Waals surface area contributed by atoms with Crippen molar-refractivity contribution in [2.75, 3.05) is 0 Å². The van der Waals surface area contributed by atoms with Crippen LogP contribution in [-0.4, -0.2) is 22.9 Å². The first kappa shape index (κ1) is 17.1. The first-order chi connectivity index (χ1) is 9.20. The quantitative estimate of drug-likeness (QED) is 0.787. The third-order valence-corrected chi connectivity index (χ3v) is 5.38. The second-order valence-corrected chi connectivity index (χ2v) is 7.81. The van der Waals surface area contributed by atoms with Gasteiger partial charge in [0.05, 0.1) is 9.79 Å². The lowest BCUT2D eigenvalue weighted by atomic mass is 10.1. The van der Waals surface area contributed by atoms with Crippen LogP contribution in [0.3, 0.4) is 0 Å². The average Bonchev–Trinajstić information content (AvgIpc) is 2.37. The number of primary sulfonamides is 1. The van der Waals surface area contributed by atoms with Crippen LogP contribution in [0.25, 0.3) is 0 Å². The van der Waals surface area contributed by atoms with Gasteiger partial charge in [-0.1, -0.05) is 20.3 Å². The van der Waals surface area contributed by atoms with Gasteiger partial charge in [-0.2, -0.15) is 0 Å². The van der Waals surface area contributed by atoms with Crippen molar-refractivity contribution in [2.24, 2.45) is 5.14 Å². The summed E-state index contributed by atoms with van der Waals surface area (Å²) in [6.45, 7) is 3.89. The maximum Gasteiger partial charge on any atom is 0.240 e. The summed E-state index contributed by atoms with van der Waals surface area (Å²) in [5.41, 5.74) is 0. The Morgan fingerprint density at radius 2 is 1.55 bits per heavy atom. The summed E-state index contributed by atoms with van der Waals surface area (Å²) < 4.78 is 49.1. The first-order valence-corrected chi connectivity index (χ1v) is 9.38. The molecule has 0 spiro atoms. The van der Waals surface area contributed by atoms with Crippen LogP contribution in [0.2, 0.25) is 0 Å². The van der Waals surface area contributed by atoms with E-state index in [0.29, 0.717) is 6.42 Å². The predicted octanol–water partition coefficient (Wildman–Crippen LogP) is 1.19. The Hall–Kier alpha value is -0.960. The Balaban J connectivity index is 2.99. The van der Waals surface area contributed by atoms with Gasteiger partial charge in [-0.25, -0.2) is 26.7 Å². The molecule has 0 aromatic heterocycles. The zero-order valence-electron chi connectivity index (χ0n) is 11.5. The molecule has 1 aromatic carbocycles. The fourth-order valence-electron chi connectivity index (χ4n) is 1.79. The second kappa shape index (κ2) is 6.66. The Morgan fingerprint density at radius 3 is 1.95 bits per heavy atom. The van der Waals surface area contributed by atoms with Gasteiger partial charge in [0, 0.05) is 6.04 Å². The largest absolute Gasteiger partial charge is 0.240 e. The van der Waals surface area contributed by atoms with E-state index in [0.717, 1.165) is 12.8 Å². The number of nitrogens with one attached hydrogen (secondary N) is 1. The Morgan fingerprint density at radius 1 is 1.05 bits per heavy atom. The van der Waals surface area contributed by atoms with Gasteiger partial charge in [0.15, 0.2) is 0 Å². The summed E-state index contributed by atoms with van der Waals surface area (Å²) in [6.07, 6.45) is 2.33. The third kappa shape index (κ3) is 4.55. The molecule has 20 heavy (non-hydrogen) atoms. The second-order valence-electron chi connectivity index (χ2n) is 4.53. The van der Waals surface area contributed by atoms with Crippen LogP contribution in [0.1, 0.15) is 33.1 Å². The molecule has 0 heterocycles. The number of benzene rings is 1. The molecule has 0 radical (unpaired) electrons. The SMILES string of the molecule is CCCC(CC)NS(=O)(=O)c1ccc(S(N)(=O)=O)cc1. The molecule has 114 valence electrons. The zero-order chi connectivity index (χ0) is 15.4. The lowest BCUT2D eigenvalue weighted by molar-refractivity contribution is 0.512. The summed E-state index contributed by atoms with van der Waals surface area (Å²) >= 11 is 0. The summed E-state index contributed by atoms with van der Waals surface area (Å²) in [5.74, 6) is 0. The Kier molecular flexibility index (Phi) is 5.69. The highest BCUT2D eigenvalue weighted by molar-refractivity contribution is 7.89. The molecule has 8 heteroatoms. The molecule has 0 saturated carbocycles. The lowest BCUT2D eigenvalue weighted by Crippen LogP contribution is -2.34. The molecular weight excluding hydrogens is 300 g/mol. The molecule has 0 aliphatic heterocycles. The number of rotatable bonds is 7. The molecule has 6 nitrogen and oxygen atoms in total. The van der Waals surface area contributed by atoms with Gasteiger partial charge < -0.3 is 0 Å². The topological polar surface area (TPSA) is 106 Å². The maximum absolute atomic E-state index is 12.1. The molecule has 0 fully saturated rings. The van der Waals surface area contributed by atoms with E-state index in [1.165, 1.54) is 24.3 Å². The first-order valence-electron chi connectivity index (χ1n) is 6.36. The van der Waals surface area contributed by atoms with Crippen molar-refractivity contribution in [2.45, 2.75) is 48.9 Å². The number of sulfonamides is 2. The molecule has 1 atom stereocenters. The minimum absolute atomic E-state index is 0.0273. The highest BCUT2D eigenvalue weighted by atomic mass is 32.2. The molecule has 1 aromatic rings. The van der Waals surface area contributed by atoms with Crippen molar-refractivity contribution in [3.05, 3.63) is 24.3 Å². The van der Waals surface area contributed by atoms with E-state index in [4.69, 9.17) is 5.14 Å². The zero-order valence-corrected chi connectivity index (χ0v) is 13.2. The van der Waals surface area contributed by atoms with E-state index >= 15 is 0 Å². The average molecular weight is 320 g/mol. The predicted molar refractivity (Wildman–Crippen MR) is 77.1 cm³/mol. The van der Waals surface area contributed by atoms with Gasteiger partial charge in [0.1, 0.15) is 0 Å². The van der Waals surface area contributed by atoms with Crippen molar-refractivity contribution >= 4 is 20.0 Å². The van der Waals surface area contributed by atoms with E-state index in [1.54, 1.807) is 0 Å². The number of hydrogen-bond acceptors (Lipinski definition) is 4. The normalized spacial score (nSPS) is 14.2. The summed E-state index contributed by atoms with van der Waals surface area (Å²) in [4.78, 5) is -0.0866. The summed E-state index contributed by atoms with van der Waals surface area (Å²) in [6, 6.07) is 4.72. The van der Waals surface area contributed by atoms with Crippen LogP contribution in [0.4, 0.5) is 0 Å². The van der Waals surface area contributed by atoms with Crippen molar-refractivity contribution in [1.29, 1.82) is 0 Å². The van der Waals surface area contributed by atoms with Gasteiger partial charge in [0.2, 0.25) is 20.0 Å². The molecule has 0 saturated heterocycles. The van der Waals surface area contributed by atoms with Crippen molar-refractivity contribution in [3.63, 3.8) is 0 Å². The minimum atomic E-state index is -3.82. The van der Waals surface area contributed by atoms with Gasteiger partial charge in [-0.05, 0) is 37.1 Å². The summed E-state index contributed by atoms with van der Waals surface area (Å²) in [7, 11) is -7.46. The molecular formula is C12H20N2O4S2. The van der Waals surface area contributed by atoms with E-state index in [9.17, 15) is 16.8 Å². The molecule has 1 rings (SSSR count). The van der Waals surface area contributed by atoms with E-state index in [-0.39, 0.29) is 15.8 Å². The highest BCUT2D eigenvalue weighted by Crippen LogP contribution is 2.15. The molecule has 3 N–H and O–H groups in total.